The van der Waals surface area contributed by atoms with Gasteiger partial charge in [-0.3, -0.25) is 0 Å². The summed E-state index contributed by atoms with van der Waals surface area (Å²) >= 11 is 3.38. The zero-order valence-electron chi connectivity index (χ0n) is 13.0. The summed E-state index contributed by atoms with van der Waals surface area (Å²) in [5.74, 6) is 1.26. The third-order valence-corrected chi connectivity index (χ3v) is 5.23. The Labute approximate surface area is 143 Å². The number of thiophene rings is 2. The second kappa shape index (κ2) is 7.68. The smallest absolute Gasteiger partial charge is 0.254 e. The molecule has 0 spiro atoms. The normalized spacial score (nSPS) is 12.0. The first-order chi connectivity index (χ1) is 11.3. The van der Waals surface area contributed by atoms with Crippen molar-refractivity contribution in [1.82, 2.24) is 10.1 Å². The summed E-state index contributed by atoms with van der Waals surface area (Å²) in [6, 6.07) is 8.24. The van der Waals surface area contributed by atoms with Crippen molar-refractivity contribution in [3.8, 4) is 10.7 Å². The monoisotopic (exact) mass is 345 g/mol. The summed E-state index contributed by atoms with van der Waals surface area (Å²) in [5.41, 5.74) is 6.69. The maximum absolute atomic E-state index is 5.61. The van der Waals surface area contributed by atoms with Crippen molar-refractivity contribution in [2.75, 3.05) is 6.54 Å². The Kier molecular flexibility index (Phi) is 5.38. The Morgan fingerprint density at radius 1 is 1.30 bits per heavy atom. The molecule has 23 heavy (non-hydrogen) atoms. The van der Waals surface area contributed by atoms with Crippen molar-refractivity contribution in [2.24, 2.45) is 5.73 Å². The van der Waals surface area contributed by atoms with Crippen LogP contribution in [0.2, 0.25) is 0 Å². The first kappa shape index (κ1) is 16.1. The van der Waals surface area contributed by atoms with Gasteiger partial charge in [-0.2, -0.15) is 4.98 Å². The molecule has 0 aliphatic heterocycles. The molecule has 0 aliphatic rings. The fraction of sp³-hybridized carbons (Fsp3) is 0.294. The molecule has 0 aliphatic carbocycles. The minimum Gasteiger partial charge on any atom is -0.334 e. The number of hydrogen-bond acceptors (Lipinski definition) is 6. The second-order valence-electron chi connectivity index (χ2n) is 5.26. The fourth-order valence-corrected chi connectivity index (χ4v) is 3.76. The molecular weight excluding hydrogens is 326 g/mol. The van der Waals surface area contributed by atoms with Gasteiger partial charge in [0.25, 0.3) is 5.89 Å². The summed E-state index contributed by atoms with van der Waals surface area (Å²) in [7, 11) is 0. The largest absolute Gasteiger partial charge is 0.334 e. The van der Waals surface area contributed by atoms with Crippen LogP contribution >= 0.6 is 22.7 Å². The number of aryl methyl sites for hydroxylation is 1. The van der Waals surface area contributed by atoms with Crippen LogP contribution in [0.5, 0.6) is 0 Å². The van der Waals surface area contributed by atoms with Crippen molar-refractivity contribution in [2.45, 2.75) is 26.2 Å². The third kappa shape index (κ3) is 4.16. The SMILES string of the molecule is Cc1ccc(/C=C(\CCCCN)c2nc(-c3cccs3)no2)s1. The molecule has 0 aromatic carbocycles. The van der Waals surface area contributed by atoms with Gasteiger partial charge in [-0.05, 0) is 62.4 Å². The van der Waals surface area contributed by atoms with Crippen LogP contribution in [0.15, 0.2) is 34.2 Å². The molecule has 0 atom stereocenters. The highest BCUT2D eigenvalue weighted by Crippen LogP contribution is 2.28. The van der Waals surface area contributed by atoms with Gasteiger partial charge in [0.15, 0.2) is 0 Å². The quantitative estimate of drug-likeness (QED) is 0.622. The highest BCUT2D eigenvalue weighted by molar-refractivity contribution is 7.13. The third-order valence-electron chi connectivity index (χ3n) is 3.42. The summed E-state index contributed by atoms with van der Waals surface area (Å²) < 4.78 is 5.51. The van der Waals surface area contributed by atoms with Crippen LogP contribution in [0.25, 0.3) is 22.4 Å². The topological polar surface area (TPSA) is 64.9 Å². The molecular formula is C17H19N3OS2. The number of rotatable bonds is 7. The molecule has 0 saturated carbocycles. The van der Waals surface area contributed by atoms with Crippen molar-refractivity contribution >= 4 is 34.3 Å². The summed E-state index contributed by atoms with van der Waals surface area (Å²) in [4.78, 5) is 8.10. The lowest BCUT2D eigenvalue weighted by atomic mass is 10.1. The number of allylic oxidation sites excluding steroid dienone is 1. The van der Waals surface area contributed by atoms with E-state index in [1.165, 1.54) is 9.75 Å². The van der Waals surface area contributed by atoms with Crippen LogP contribution in [0.1, 0.15) is 34.9 Å². The fourth-order valence-electron chi connectivity index (χ4n) is 2.26. The van der Waals surface area contributed by atoms with Crippen molar-refractivity contribution < 1.29 is 4.52 Å². The lowest BCUT2D eigenvalue weighted by molar-refractivity contribution is 0.407. The minimum atomic E-state index is 0.608. The van der Waals surface area contributed by atoms with Gasteiger partial charge in [-0.1, -0.05) is 11.2 Å². The van der Waals surface area contributed by atoms with E-state index in [1.807, 2.05) is 17.5 Å². The van der Waals surface area contributed by atoms with E-state index in [1.54, 1.807) is 22.7 Å². The van der Waals surface area contributed by atoms with E-state index in [4.69, 9.17) is 10.3 Å². The van der Waals surface area contributed by atoms with Crippen LogP contribution in [-0.2, 0) is 0 Å². The zero-order chi connectivity index (χ0) is 16.1. The van der Waals surface area contributed by atoms with E-state index in [9.17, 15) is 0 Å². The molecule has 4 nitrogen and oxygen atoms in total. The van der Waals surface area contributed by atoms with E-state index >= 15 is 0 Å². The maximum Gasteiger partial charge on any atom is 0.254 e. The Morgan fingerprint density at radius 2 is 2.22 bits per heavy atom. The van der Waals surface area contributed by atoms with Crippen LogP contribution in [0, 0.1) is 6.92 Å². The Hall–Kier alpha value is -1.76. The van der Waals surface area contributed by atoms with Gasteiger partial charge in [0.2, 0.25) is 5.82 Å². The van der Waals surface area contributed by atoms with Gasteiger partial charge >= 0.3 is 0 Å². The summed E-state index contributed by atoms with van der Waals surface area (Å²) in [5, 5.41) is 6.13. The van der Waals surface area contributed by atoms with E-state index < -0.39 is 0 Å². The van der Waals surface area contributed by atoms with E-state index in [0.29, 0.717) is 18.3 Å². The van der Waals surface area contributed by atoms with Gasteiger partial charge in [0, 0.05) is 15.3 Å². The van der Waals surface area contributed by atoms with E-state index in [-0.39, 0.29) is 0 Å². The first-order valence-electron chi connectivity index (χ1n) is 7.61. The van der Waals surface area contributed by atoms with Crippen molar-refractivity contribution in [1.29, 1.82) is 0 Å². The molecule has 0 unspecified atom stereocenters. The predicted octanol–water partition coefficient (Wildman–Crippen LogP) is 4.84. The molecule has 3 heterocycles. The Balaban J connectivity index is 1.87. The Morgan fingerprint density at radius 3 is 2.91 bits per heavy atom. The van der Waals surface area contributed by atoms with Crippen LogP contribution < -0.4 is 5.73 Å². The number of nitrogens with two attached hydrogens (primary N) is 1. The van der Waals surface area contributed by atoms with E-state index in [2.05, 4.69) is 35.3 Å². The van der Waals surface area contributed by atoms with Gasteiger partial charge < -0.3 is 10.3 Å². The molecule has 3 aromatic heterocycles. The predicted molar refractivity (Wildman–Crippen MR) is 97.4 cm³/mol. The second-order valence-corrected chi connectivity index (χ2v) is 7.53. The molecule has 0 bridgehead atoms. The number of nitrogens with zero attached hydrogens (tertiary/aromatic N) is 2. The average Bonchev–Trinajstić information content (AvgIpc) is 3.27. The molecule has 3 aromatic rings. The van der Waals surface area contributed by atoms with Gasteiger partial charge in [-0.15, -0.1) is 22.7 Å². The molecule has 6 heteroatoms. The molecule has 0 saturated heterocycles. The van der Waals surface area contributed by atoms with Gasteiger partial charge in [0.1, 0.15) is 0 Å². The zero-order valence-corrected chi connectivity index (χ0v) is 14.6. The van der Waals surface area contributed by atoms with E-state index in [0.717, 1.165) is 29.7 Å². The number of unbranched alkanes of at least 4 members (excludes halogenated alkanes) is 1. The Bertz CT molecular complexity index is 771. The summed E-state index contributed by atoms with van der Waals surface area (Å²) in [6.07, 6.45) is 5.05. The minimum absolute atomic E-state index is 0.608. The summed E-state index contributed by atoms with van der Waals surface area (Å²) in [6.45, 7) is 2.81. The van der Waals surface area contributed by atoms with Crippen LogP contribution in [0.4, 0.5) is 0 Å². The maximum atomic E-state index is 5.61. The first-order valence-corrected chi connectivity index (χ1v) is 9.31. The lowest BCUT2D eigenvalue weighted by Crippen LogP contribution is -1.98. The van der Waals surface area contributed by atoms with Crippen molar-refractivity contribution in [3.05, 3.63) is 45.3 Å². The number of hydrogen-bond donors (Lipinski definition) is 1. The van der Waals surface area contributed by atoms with Gasteiger partial charge in [-0.25, -0.2) is 0 Å². The average molecular weight is 345 g/mol. The molecule has 0 radical (unpaired) electrons. The molecule has 0 amide bonds. The molecule has 0 fully saturated rings. The lowest BCUT2D eigenvalue weighted by Gasteiger charge is -2.01. The standard InChI is InChI=1S/C17H19N3OS2/c1-12-7-8-14(23-12)11-13(5-2-3-9-18)17-19-16(20-21-17)15-6-4-10-22-15/h4,6-8,10-11H,2-3,5,9,18H2,1H3/b13-11+. The van der Waals surface area contributed by atoms with Gasteiger partial charge in [0.05, 0.1) is 4.88 Å². The highest BCUT2D eigenvalue weighted by Gasteiger charge is 2.14. The van der Waals surface area contributed by atoms with Crippen molar-refractivity contribution in [3.63, 3.8) is 0 Å². The highest BCUT2D eigenvalue weighted by atomic mass is 32.1. The number of aromatic nitrogens is 2. The molecule has 3 rings (SSSR count). The molecule has 120 valence electrons. The van der Waals surface area contributed by atoms with Crippen LogP contribution in [0.3, 0.4) is 0 Å². The van der Waals surface area contributed by atoms with Crippen LogP contribution in [-0.4, -0.2) is 16.7 Å². The molecule has 2 N–H and O–H groups in total.